The van der Waals surface area contributed by atoms with Gasteiger partial charge in [0.2, 0.25) is 5.91 Å². The zero-order chi connectivity index (χ0) is 21.6. The molecule has 2 aromatic heterocycles. The van der Waals surface area contributed by atoms with Gasteiger partial charge in [-0.1, -0.05) is 65.3 Å². The van der Waals surface area contributed by atoms with E-state index in [1.807, 2.05) is 36.0 Å². The summed E-state index contributed by atoms with van der Waals surface area (Å²) in [5.41, 5.74) is 5.77. The van der Waals surface area contributed by atoms with Gasteiger partial charge in [-0.3, -0.25) is 9.48 Å². The first kappa shape index (κ1) is 20.3. The summed E-state index contributed by atoms with van der Waals surface area (Å²) in [4.78, 5) is 12.3. The van der Waals surface area contributed by atoms with Crippen molar-refractivity contribution in [3.8, 4) is 11.3 Å². The van der Waals surface area contributed by atoms with Gasteiger partial charge >= 0.3 is 0 Å². The van der Waals surface area contributed by atoms with Crippen molar-refractivity contribution in [1.29, 1.82) is 0 Å². The quantitative estimate of drug-likeness (QED) is 0.453. The minimum Gasteiger partial charge on any atom is -0.361 e. The molecular weight excluding hydrogens is 388 g/mol. The van der Waals surface area contributed by atoms with Crippen LogP contribution >= 0.6 is 0 Å². The monoisotopic (exact) mass is 412 g/mol. The van der Waals surface area contributed by atoms with Crippen LogP contribution in [-0.2, 0) is 17.9 Å². The summed E-state index contributed by atoms with van der Waals surface area (Å²) in [5, 5.41) is 11.5. The Morgan fingerprint density at radius 1 is 1.10 bits per heavy atom. The lowest BCUT2D eigenvalue weighted by Crippen LogP contribution is -2.20. The molecule has 6 heteroatoms. The number of amides is 1. The average Bonchev–Trinajstić information content (AvgIpc) is 3.38. The highest BCUT2D eigenvalue weighted by atomic mass is 16.5. The molecule has 0 aliphatic carbocycles. The van der Waals surface area contributed by atoms with Crippen LogP contribution in [0.25, 0.3) is 17.3 Å². The molecule has 1 N–H and O–H groups in total. The molecule has 0 saturated heterocycles. The summed E-state index contributed by atoms with van der Waals surface area (Å²) in [5.74, 6) is 0.514. The first-order valence-corrected chi connectivity index (χ1v) is 10.1. The van der Waals surface area contributed by atoms with Gasteiger partial charge in [-0.05, 0) is 25.5 Å². The van der Waals surface area contributed by atoms with Crippen molar-refractivity contribution in [2.75, 3.05) is 0 Å². The summed E-state index contributed by atoms with van der Waals surface area (Å²) in [6.07, 6.45) is 5.29. The number of hydrogen-bond acceptors (Lipinski definition) is 4. The van der Waals surface area contributed by atoms with Gasteiger partial charge in [0, 0.05) is 29.5 Å². The molecule has 4 aromatic rings. The fourth-order valence-electron chi connectivity index (χ4n) is 3.25. The third-order valence-electron chi connectivity index (χ3n) is 4.84. The van der Waals surface area contributed by atoms with Crippen LogP contribution < -0.4 is 5.32 Å². The van der Waals surface area contributed by atoms with Crippen LogP contribution in [-0.4, -0.2) is 20.8 Å². The van der Waals surface area contributed by atoms with Gasteiger partial charge < -0.3 is 9.84 Å². The molecule has 6 nitrogen and oxygen atoms in total. The Balaban J connectivity index is 1.54. The summed E-state index contributed by atoms with van der Waals surface area (Å²) in [7, 11) is 0. The first-order valence-electron chi connectivity index (χ1n) is 10.1. The minimum atomic E-state index is -0.202. The molecule has 31 heavy (non-hydrogen) atoms. The van der Waals surface area contributed by atoms with E-state index >= 15 is 0 Å². The number of carbonyl (C=O) groups excluding carboxylic acids is 1. The van der Waals surface area contributed by atoms with E-state index in [-0.39, 0.29) is 5.91 Å². The molecule has 4 rings (SSSR count). The van der Waals surface area contributed by atoms with Gasteiger partial charge in [0.25, 0.3) is 0 Å². The van der Waals surface area contributed by atoms with E-state index in [2.05, 4.69) is 53.8 Å². The van der Waals surface area contributed by atoms with Gasteiger partial charge in [-0.2, -0.15) is 5.10 Å². The molecule has 1 amide bonds. The summed E-state index contributed by atoms with van der Waals surface area (Å²) < 4.78 is 6.92. The molecule has 0 aliphatic heterocycles. The minimum absolute atomic E-state index is 0.202. The van der Waals surface area contributed by atoms with Crippen molar-refractivity contribution in [1.82, 2.24) is 20.3 Å². The fraction of sp³-hybridized carbons (Fsp3) is 0.160. The number of nitrogens with zero attached hydrogens (tertiary/aromatic N) is 3. The fourth-order valence-corrected chi connectivity index (χ4v) is 3.25. The predicted octanol–water partition coefficient (Wildman–Crippen LogP) is 4.53. The van der Waals surface area contributed by atoms with Gasteiger partial charge in [0.15, 0.2) is 0 Å². The third kappa shape index (κ3) is 5.36. The Kier molecular flexibility index (Phi) is 6.08. The van der Waals surface area contributed by atoms with Crippen molar-refractivity contribution < 1.29 is 9.32 Å². The van der Waals surface area contributed by atoms with Gasteiger partial charge in [0.05, 0.1) is 18.8 Å². The Morgan fingerprint density at radius 2 is 1.87 bits per heavy atom. The van der Waals surface area contributed by atoms with Crippen LogP contribution in [0.1, 0.15) is 28.1 Å². The van der Waals surface area contributed by atoms with Gasteiger partial charge in [0.1, 0.15) is 11.5 Å². The van der Waals surface area contributed by atoms with Crippen molar-refractivity contribution in [2.24, 2.45) is 0 Å². The molecule has 156 valence electrons. The Morgan fingerprint density at radius 3 is 2.58 bits per heavy atom. The number of nitrogens with one attached hydrogen (secondary N) is 1. The largest absolute Gasteiger partial charge is 0.361 e. The van der Waals surface area contributed by atoms with Crippen molar-refractivity contribution in [3.05, 3.63) is 101 Å². The van der Waals surface area contributed by atoms with Gasteiger partial charge in [-0.15, -0.1) is 0 Å². The van der Waals surface area contributed by atoms with Crippen molar-refractivity contribution in [2.45, 2.75) is 26.9 Å². The predicted molar refractivity (Wildman–Crippen MR) is 120 cm³/mol. The Bertz CT molecular complexity index is 1190. The second kappa shape index (κ2) is 9.26. The molecule has 0 radical (unpaired) electrons. The number of carbonyl (C=O) groups is 1. The second-order valence-electron chi connectivity index (χ2n) is 7.46. The van der Waals surface area contributed by atoms with Gasteiger partial charge in [-0.25, -0.2) is 0 Å². The summed E-state index contributed by atoms with van der Waals surface area (Å²) >= 11 is 0. The molecule has 0 fully saturated rings. The maximum absolute atomic E-state index is 12.3. The third-order valence-corrected chi connectivity index (χ3v) is 4.84. The SMILES string of the molecule is Cc1ccc(-c2nn(Cc3ccccc3)cc2/C=C/C(=O)NCc2cc(C)on2)cc1. The number of rotatable bonds is 7. The van der Waals surface area contributed by atoms with E-state index < -0.39 is 0 Å². The lowest BCUT2D eigenvalue weighted by atomic mass is 10.1. The van der Waals surface area contributed by atoms with Crippen LogP contribution in [0.4, 0.5) is 0 Å². The molecule has 2 heterocycles. The zero-order valence-corrected chi connectivity index (χ0v) is 17.6. The molecule has 0 aliphatic rings. The second-order valence-corrected chi connectivity index (χ2v) is 7.46. The lowest BCUT2D eigenvalue weighted by Gasteiger charge is -2.02. The van der Waals surface area contributed by atoms with Crippen molar-refractivity contribution >= 4 is 12.0 Å². The van der Waals surface area contributed by atoms with Crippen molar-refractivity contribution in [3.63, 3.8) is 0 Å². The molecule has 0 bridgehead atoms. The van der Waals surface area contributed by atoms with Crippen LogP contribution in [0.2, 0.25) is 0 Å². The number of hydrogen-bond donors (Lipinski definition) is 1. The first-order chi connectivity index (χ1) is 15.1. The normalized spacial score (nSPS) is 11.2. The van der Waals surface area contributed by atoms with E-state index in [1.165, 1.54) is 11.6 Å². The van der Waals surface area contributed by atoms with E-state index in [4.69, 9.17) is 9.62 Å². The summed E-state index contributed by atoms with van der Waals surface area (Å²) in [6.45, 7) is 4.85. The molecule has 0 saturated carbocycles. The molecule has 0 spiro atoms. The highest BCUT2D eigenvalue weighted by Crippen LogP contribution is 2.24. The van der Waals surface area contributed by atoms with E-state index in [1.54, 1.807) is 12.1 Å². The molecular formula is C25H24N4O2. The maximum atomic E-state index is 12.3. The Hall–Kier alpha value is -3.93. The van der Waals surface area contributed by atoms with E-state index in [9.17, 15) is 4.79 Å². The number of aromatic nitrogens is 3. The van der Waals surface area contributed by atoms with Crippen LogP contribution in [0, 0.1) is 13.8 Å². The molecule has 0 atom stereocenters. The number of aryl methyl sites for hydroxylation is 2. The highest BCUT2D eigenvalue weighted by Gasteiger charge is 2.10. The molecule has 0 unspecified atom stereocenters. The standard InChI is InChI=1S/C25H24N4O2/c1-18-8-10-21(11-9-18)25-22(17-29(27-25)16-20-6-4-3-5-7-20)12-13-24(30)26-15-23-14-19(2)31-28-23/h3-14,17H,15-16H2,1-2H3,(H,26,30)/b13-12+. The highest BCUT2D eigenvalue weighted by molar-refractivity contribution is 5.92. The number of benzene rings is 2. The molecule has 2 aromatic carbocycles. The maximum Gasteiger partial charge on any atom is 0.244 e. The summed E-state index contributed by atoms with van der Waals surface area (Å²) in [6, 6.07) is 20.2. The lowest BCUT2D eigenvalue weighted by molar-refractivity contribution is -0.116. The smallest absolute Gasteiger partial charge is 0.244 e. The Labute approximate surface area is 181 Å². The average molecular weight is 412 g/mol. The van der Waals surface area contributed by atoms with E-state index in [0.717, 1.165) is 22.4 Å². The van der Waals surface area contributed by atoms with Crippen LogP contribution in [0.5, 0.6) is 0 Å². The van der Waals surface area contributed by atoms with E-state index in [0.29, 0.717) is 24.5 Å². The van der Waals surface area contributed by atoms with Crippen LogP contribution in [0.3, 0.4) is 0 Å². The topological polar surface area (TPSA) is 73.0 Å². The van der Waals surface area contributed by atoms with Crippen LogP contribution in [0.15, 0.2) is 77.5 Å². The zero-order valence-electron chi connectivity index (χ0n) is 17.6.